The van der Waals surface area contributed by atoms with Gasteiger partial charge in [0.15, 0.2) is 0 Å². The lowest BCUT2D eigenvalue weighted by molar-refractivity contribution is 0.0935. The number of carbonyl (C=O) groups excluding carboxylic acids is 2. The van der Waals surface area contributed by atoms with E-state index < -0.39 is 0 Å². The lowest BCUT2D eigenvalue weighted by Gasteiger charge is -2.15. The van der Waals surface area contributed by atoms with Crippen LogP contribution in [0.4, 0.5) is 5.69 Å². The van der Waals surface area contributed by atoms with Crippen molar-refractivity contribution in [2.45, 2.75) is 19.4 Å². The molecule has 0 unspecified atom stereocenters. The fourth-order valence-corrected chi connectivity index (χ4v) is 2.14. The van der Waals surface area contributed by atoms with Crippen LogP contribution in [0, 0.1) is 0 Å². The predicted molar refractivity (Wildman–Crippen MR) is 89.5 cm³/mol. The van der Waals surface area contributed by atoms with E-state index in [0.29, 0.717) is 23.2 Å². The number of carbonyl (C=O) groups is 2. The average molecular weight is 312 g/mol. The Morgan fingerprint density at radius 1 is 1.00 bits per heavy atom. The van der Waals surface area contributed by atoms with Crippen molar-refractivity contribution < 1.29 is 14.7 Å². The Balaban J connectivity index is 2.14. The van der Waals surface area contributed by atoms with Crippen LogP contribution in [0.3, 0.4) is 0 Å². The molecule has 0 aromatic heterocycles. The maximum Gasteiger partial charge on any atom is 0.255 e. The van der Waals surface area contributed by atoms with E-state index in [9.17, 15) is 9.59 Å². The topological polar surface area (TPSA) is 78.4 Å². The fraction of sp³-hybridized carbons (Fsp3) is 0.222. The molecule has 23 heavy (non-hydrogen) atoms. The zero-order valence-electron chi connectivity index (χ0n) is 13.0. The molecular weight excluding hydrogens is 292 g/mol. The lowest BCUT2D eigenvalue weighted by Crippen LogP contribution is -2.33. The largest absolute Gasteiger partial charge is 0.396 e. The summed E-state index contributed by atoms with van der Waals surface area (Å²) in [4.78, 5) is 24.6. The molecule has 0 aliphatic carbocycles. The van der Waals surface area contributed by atoms with Gasteiger partial charge in [-0.15, -0.1) is 0 Å². The Kier molecular flexibility index (Phi) is 5.88. The third kappa shape index (κ3) is 4.66. The number of hydrogen-bond acceptors (Lipinski definition) is 3. The third-order valence-corrected chi connectivity index (χ3v) is 3.40. The van der Waals surface area contributed by atoms with Crippen LogP contribution in [0.5, 0.6) is 0 Å². The van der Waals surface area contributed by atoms with Crippen LogP contribution >= 0.6 is 0 Å². The maximum absolute atomic E-state index is 12.3. The molecule has 0 spiro atoms. The monoisotopic (exact) mass is 312 g/mol. The van der Waals surface area contributed by atoms with Crippen molar-refractivity contribution in [1.82, 2.24) is 5.32 Å². The van der Waals surface area contributed by atoms with Crippen molar-refractivity contribution in [2.75, 3.05) is 11.9 Å². The van der Waals surface area contributed by atoms with Crippen LogP contribution in [0.15, 0.2) is 54.6 Å². The number of nitrogens with one attached hydrogen (secondary N) is 2. The molecule has 2 amide bonds. The molecule has 120 valence electrons. The van der Waals surface area contributed by atoms with Crippen molar-refractivity contribution in [2.24, 2.45) is 0 Å². The van der Waals surface area contributed by atoms with Crippen LogP contribution in [-0.4, -0.2) is 29.6 Å². The summed E-state index contributed by atoms with van der Waals surface area (Å²) in [5.41, 5.74) is 1.37. The molecule has 0 bridgehead atoms. The van der Waals surface area contributed by atoms with Gasteiger partial charge in [-0.1, -0.05) is 30.3 Å². The van der Waals surface area contributed by atoms with Gasteiger partial charge in [-0.3, -0.25) is 9.59 Å². The molecule has 0 aliphatic rings. The molecule has 5 heteroatoms. The SMILES string of the molecule is C[C@H](CCO)NC(=O)c1ccccc1NC(=O)c1ccccc1. The van der Waals surface area contributed by atoms with Crippen molar-refractivity contribution in [1.29, 1.82) is 0 Å². The Morgan fingerprint density at radius 3 is 2.35 bits per heavy atom. The molecule has 0 heterocycles. The first-order chi connectivity index (χ1) is 11.1. The lowest BCUT2D eigenvalue weighted by atomic mass is 10.1. The number of aliphatic hydroxyl groups excluding tert-OH is 1. The van der Waals surface area contributed by atoms with E-state index >= 15 is 0 Å². The van der Waals surface area contributed by atoms with E-state index in [4.69, 9.17) is 5.11 Å². The van der Waals surface area contributed by atoms with Crippen molar-refractivity contribution in [3.05, 3.63) is 65.7 Å². The molecule has 3 N–H and O–H groups in total. The summed E-state index contributed by atoms with van der Waals surface area (Å²) in [7, 11) is 0. The van der Waals surface area contributed by atoms with Crippen LogP contribution in [0.1, 0.15) is 34.1 Å². The Hall–Kier alpha value is -2.66. The number of benzene rings is 2. The standard InChI is InChI=1S/C18H20N2O3/c1-13(11-12-21)19-18(23)15-9-5-6-10-16(15)20-17(22)14-7-3-2-4-8-14/h2-10,13,21H,11-12H2,1H3,(H,19,23)(H,20,22)/t13-/m1/s1. The molecular formula is C18H20N2O3. The molecule has 1 atom stereocenters. The third-order valence-electron chi connectivity index (χ3n) is 3.40. The average Bonchev–Trinajstić information content (AvgIpc) is 2.56. The predicted octanol–water partition coefficient (Wildman–Crippen LogP) is 2.44. The molecule has 2 aromatic carbocycles. The zero-order valence-corrected chi connectivity index (χ0v) is 13.0. The Labute approximate surface area is 135 Å². The van der Waals surface area contributed by atoms with Crippen LogP contribution in [0.2, 0.25) is 0 Å². The number of anilines is 1. The van der Waals surface area contributed by atoms with Crippen molar-refractivity contribution in [3.8, 4) is 0 Å². The second-order valence-corrected chi connectivity index (χ2v) is 5.25. The first kappa shape index (κ1) is 16.7. The summed E-state index contributed by atoms with van der Waals surface area (Å²) in [5.74, 6) is -0.552. The molecule has 0 fully saturated rings. The van der Waals surface area contributed by atoms with Gasteiger partial charge in [0.1, 0.15) is 0 Å². The molecule has 0 saturated heterocycles. The normalized spacial score (nSPS) is 11.6. The molecule has 2 rings (SSSR count). The fourth-order valence-electron chi connectivity index (χ4n) is 2.14. The van der Waals surface area contributed by atoms with Gasteiger partial charge in [0, 0.05) is 18.2 Å². The highest BCUT2D eigenvalue weighted by molar-refractivity contribution is 6.09. The maximum atomic E-state index is 12.3. The van der Waals surface area contributed by atoms with Gasteiger partial charge in [0.05, 0.1) is 11.3 Å². The van der Waals surface area contributed by atoms with Crippen LogP contribution in [-0.2, 0) is 0 Å². The van der Waals surface area contributed by atoms with Gasteiger partial charge in [-0.2, -0.15) is 0 Å². The molecule has 5 nitrogen and oxygen atoms in total. The highest BCUT2D eigenvalue weighted by atomic mass is 16.3. The number of aliphatic hydroxyl groups is 1. The van der Waals surface area contributed by atoms with E-state index in [-0.39, 0.29) is 24.5 Å². The molecule has 0 aliphatic heterocycles. The van der Waals surface area contributed by atoms with E-state index in [0.717, 1.165) is 0 Å². The van der Waals surface area contributed by atoms with Crippen LogP contribution < -0.4 is 10.6 Å². The van der Waals surface area contributed by atoms with Crippen molar-refractivity contribution >= 4 is 17.5 Å². The van der Waals surface area contributed by atoms with E-state index in [1.807, 2.05) is 13.0 Å². The van der Waals surface area contributed by atoms with Gasteiger partial charge in [0.25, 0.3) is 11.8 Å². The smallest absolute Gasteiger partial charge is 0.255 e. The number of amides is 2. The second-order valence-electron chi connectivity index (χ2n) is 5.25. The summed E-state index contributed by atoms with van der Waals surface area (Å²) in [5, 5.41) is 14.5. The van der Waals surface area contributed by atoms with Gasteiger partial charge in [-0.05, 0) is 37.6 Å². The summed E-state index contributed by atoms with van der Waals surface area (Å²) in [6.45, 7) is 1.83. The number of rotatable bonds is 6. The molecule has 0 radical (unpaired) electrons. The minimum atomic E-state index is -0.282. The minimum absolute atomic E-state index is 0.00777. The van der Waals surface area contributed by atoms with E-state index in [1.165, 1.54) is 0 Å². The zero-order chi connectivity index (χ0) is 16.7. The van der Waals surface area contributed by atoms with Gasteiger partial charge < -0.3 is 15.7 Å². The number of hydrogen-bond donors (Lipinski definition) is 3. The Bertz CT molecular complexity index is 671. The van der Waals surface area contributed by atoms with E-state index in [1.54, 1.807) is 48.5 Å². The van der Waals surface area contributed by atoms with Crippen molar-refractivity contribution in [3.63, 3.8) is 0 Å². The summed E-state index contributed by atoms with van der Waals surface area (Å²) in [6.07, 6.45) is 0.476. The molecule has 0 saturated carbocycles. The van der Waals surface area contributed by atoms with Gasteiger partial charge in [0.2, 0.25) is 0 Å². The summed E-state index contributed by atoms with van der Waals surface area (Å²) >= 11 is 0. The van der Waals surface area contributed by atoms with Crippen LogP contribution in [0.25, 0.3) is 0 Å². The first-order valence-corrected chi connectivity index (χ1v) is 7.49. The Morgan fingerprint density at radius 2 is 1.65 bits per heavy atom. The van der Waals surface area contributed by atoms with E-state index in [2.05, 4.69) is 10.6 Å². The van der Waals surface area contributed by atoms with Gasteiger partial charge in [-0.25, -0.2) is 0 Å². The second kappa shape index (κ2) is 8.10. The highest BCUT2D eigenvalue weighted by Gasteiger charge is 2.15. The highest BCUT2D eigenvalue weighted by Crippen LogP contribution is 2.16. The molecule has 2 aromatic rings. The minimum Gasteiger partial charge on any atom is -0.396 e. The first-order valence-electron chi connectivity index (χ1n) is 7.49. The number of para-hydroxylation sites is 1. The summed E-state index contributed by atoms with van der Waals surface area (Å²) < 4.78 is 0. The van der Waals surface area contributed by atoms with Gasteiger partial charge >= 0.3 is 0 Å². The summed E-state index contributed by atoms with van der Waals surface area (Å²) in [6, 6.07) is 15.5. The quantitative estimate of drug-likeness (QED) is 0.766.